The third-order valence-corrected chi connectivity index (χ3v) is 9.31. The van der Waals surface area contributed by atoms with Crippen molar-refractivity contribution in [1.82, 2.24) is 29.8 Å². The molecule has 0 radical (unpaired) electrons. The minimum atomic E-state index is -4.53. The molecular weight excluding hydrogens is 646 g/mol. The van der Waals surface area contributed by atoms with Gasteiger partial charge in [-0.15, -0.1) is 0 Å². The maximum Gasteiger partial charge on any atom is 0.422 e. The van der Waals surface area contributed by atoms with Crippen LogP contribution in [0.15, 0.2) is 48.9 Å². The molecule has 0 atom stereocenters. The molecular formula is C32H33F3N9O3P. The Kier molecular flexibility index (Phi) is 8.99. The van der Waals surface area contributed by atoms with Gasteiger partial charge in [0.2, 0.25) is 5.95 Å². The van der Waals surface area contributed by atoms with Crippen molar-refractivity contribution < 1.29 is 27.2 Å². The fourth-order valence-electron chi connectivity index (χ4n) is 6.36. The zero-order valence-corrected chi connectivity index (χ0v) is 26.9. The van der Waals surface area contributed by atoms with Gasteiger partial charge in [0.25, 0.3) is 0 Å². The number of morpholine rings is 1. The topological polar surface area (TPSA) is 133 Å². The lowest BCUT2D eigenvalue weighted by Crippen LogP contribution is -2.49. The van der Waals surface area contributed by atoms with E-state index in [-0.39, 0.29) is 20.2 Å². The first kappa shape index (κ1) is 32.0. The lowest BCUT2D eigenvalue weighted by molar-refractivity contribution is -0.153. The molecule has 0 spiro atoms. The van der Waals surface area contributed by atoms with E-state index in [4.69, 9.17) is 9.47 Å². The van der Waals surface area contributed by atoms with E-state index in [0.717, 1.165) is 63.5 Å². The van der Waals surface area contributed by atoms with E-state index in [1.54, 1.807) is 42.7 Å². The Morgan fingerprint density at radius 1 is 1.02 bits per heavy atom. The maximum absolute atomic E-state index is 13.4. The number of ether oxygens (including phenoxy) is 2. The van der Waals surface area contributed by atoms with Crippen LogP contribution in [-0.2, 0) is 9.30 Å². The van der Waals surface area contributed by atoms with Crippen molar-refractivity contribution in [2.24, 2.45) is 0 Å². The summed E-state index contributed by atoms with van der Waals surface area (Å²) in [6.07, 6.45) is 2.16. The Balaban J connectivity index is 1.18. The second-order valence-electron chi connectivity index (χ2n) is 11.8. The summed E-state index contributed by atoms with van der Waals surface area (Å²) in [5.74, 6) is 0.532. The van der Waals surface area contributed by atoms with Gasteiger partial charge in [-0.1, -0.05) is 0 Å². The molecule has 7 rings (SSSR count). The summed E-state index contributed by atoms with van der Waals surface area (Å²) in [6, 6.07) is 9.17. The van der Waals surface area contributed by atoms with Gasteiger partial charge in [0.15, 0.2) is 15.1 Å². The van der Waals surface area contributed by atoms with Crippen molar-refractivity contribution in [2.45, 2.75) is 32.0 Å². The first-order valence-corrected chi connectivity index (χ1v) is 16.4. The molecule has 2 saturated heterocycles. The van der Waals surface area contributed by atoms with Gasteiger partial charge in [-0.05, 0) is 49.6 Å². The Bertz CT molecular complexity index is 1940. The van der Waals surface area contributed by atoms with Crippen LogP contribution in [0, 0.1) is 6.92 Å². The van der Waals surface area contributed by atoms with Crippen molar-refractivity contribution in [2.75, 3.05) is 61.5 Å². The molecule has 3 aromatic heterocycles. The van der Waals surface area contributed by atoms with Crippen molar-refractivity contribution in [3.63, 3.8) is 0 Å². The number of fused-ring (bicyclic) bond motifs is 2. The minimum Gasteiger partial charge on any atom is -0.482 e. The van der Waals surface area contributed by atoms with E-state index in [2.05, 4.69) is 45.4 Å². The van der Waals surface area contributed by atoms with Gasteiger partial charge >= 0.3 is 6.18 Å². The van der Waals surface area contributed by atoms with E-state index in [1.165, 1.54) is 6.20 Å². The molecule has 0 amide bonds. The number of anilines is 5. The fraction of sp³-hybridized carbons (Fsp3) is 0.375. The van der Waals surface area contributed by atoms with Gasteiger partial charge < -0.3 is 30.0 Å². The molecule has 3 N–H and O–H groups in total. The summed E-state index contributed by atoms with van der Waals surface area (Å²) in [5.41, 5.74) is 4.03. The van der Waals surface area contributed by atoms with Crippen LogP contribution in [0.25, 0.3) is 22.1 Å². The number of aromatic amines is 1. The summed E-state index contributed by atoms with van der Waals surface area (Å²) in [5, 5.41) is 7.39. The van der Waals surface area contributed by atoms with Crippen LogP contribution in [-0.4, -0.2) is 88.0 Å². The van der Waals surface area contributed by atoms with Crippen molar-refractivity contribution in [3.8, 4) is 5.75 Å². The van der Waals surface area contributed by atoms with Crippen LogP contribution in [0.5, 0.6) is 5.75 Å². The molecule has 0 aliphatic carbocycles. The van der Waals surface area contributed by atoms with Crippen molar-refractivity contribution in [3.05, 3.63) is 54.5 Å². The fourth-order valence-corrected chi connectivity index (χ4v) is 6.85. The molecule has 0 unspecified atom stereocenters. The molecule has 2 aliphatic rings. The molecule has 250 valence electrons. The Labute approximate surface area is 275 Å². The molecule has 5 heterocycles. The molecule has 16 heteroatoms. The Hall–Kier alpha value is -4.59. The van der Waals surface area contributed by atoms with Crippen LogP contribution in [0.4, 0.5) is 42.0 Å². The van der Waals surface area contributed by atoms with Gasteiger partial charge in [-0.25, -0.2) is 0 Å². The number of halogens is 3. The number of hydrogen-bond donors (Lipinski definition) is 3. The molecule has 12 nitrogen and oxygen atoms in total. The summed E-state index contributed by atoms with van der Waals surface area (Å²) in [4.78, 5) is 25.6. The number of hydrogen-bond acceptors (Lipinski definition) is 11. The standard InChI is InChI=1S/C32H33F3N9O3P/c1-19-16-24(26(47-18-32(33,34)35)17-25(19)44-10-5-20(6-11-44)43-12-14-46-15-13-43)40-31-41-29-21(4-7-38-29)30(42-31)39-23-3-2-22-27(28(23)48-45)37-9-8-36-22/h2-4,7-9,16-17,20H,5-6,10-15,18H2,1H3,(H3,38,39,40,41,42). The predicted molar refractivity (Wildman–Crippen MR) is 178 cm³/mol. The first-order chi connectivity index (χ1) is 23.3. The highest BCUT2D eigenvalue weighted by atomic mass is 31.1. The van der Waals surface area contributed by atoms with Crippen molar-refractivity contribution >= 4 is 64.7 Å². The monoisotopic (exact) mass is 679 g/mol. The smallest absolute Gasteiger partial charge is 0.422 e. The van der Waals surface area contributed by atoms with Crippen LogP contribution in [0.3, 0.4) is 0 Å². The summed E-state index contributed by atoms with van der Waals surface area (Å²) >= 11 is 0. The highest BCUT2D eigenvalue weighted by Gasteiger charge is 2.30. The summed E-state index contributed by atoms with van der Waals surface area (Å²) in [7, 11) is -0.264. The van der Waals surface area contributed by atoms with E-state index < -0.39 is 12.8 Å². The minimum absolute atomic E-state index is 0.0356. The van der Waals surface area contributed by atoms with Crippen LogP contribution < -0.4 is 25.6 Å². The summed E-state index contributed by atoms with van der Waals surface area (Å²) in [6.45, 7) is 5.36. The zero-order chi connectivity index (χ0) is 33.3. The maximum atomic E-state index is 13.4. The number of nitrogens with one attached hydrogen (secondary N) is 3. The van der Waals surface area contributed by atoms with E-state index in [9.17, 15) is 17.7 Å². The van der Waals surface area contributed by atoms with Gasteiger partial charge in [0.05, 0.1) is 40.8 Å². The number of nitrogens with zero attached hydrogens (tertiary/aromatic N) is 6. The van der Waals surface area contributed by atoms with Crippen LogP contribution in [0.1, 0.15) is 18.4 Å². The van der Waals surface area contributed by atoms with E-state index in [1.807, 2.05) is 6.92 Å². The predicted octanol–water partition coefficient (Wildman–Crippen LogP) is 5.86. The van der Waals surface area contributed by atoms with E-state index >= 15 is 0 Å². The quantitative estimate of drug-likeness (QED) is 0.162. The number of benzene rings is 2. The second-order valence-corrected chi connectivity index (χ2v) is 12.4. The van der Waals surface area contributed by atoms with E-state index in [0.29, 0.717) is 50.6 Å². The molecule has 2 aromatic carbocycles. The van der Waals surface area contributed by atoms with Crippen molar-refractivity contribution in [1.29, 1.82) is 0 Å². The number of H-pyrrole nitrogens is 1. The van der Waals surface area contributed by atoms with Crippen LogP contribution in [0.2, 0.25) is 0 Å². The average molecular weight is 680 g/mol. The SMILES string of the molecule is Cc1cc(Nc2nc(Nc3ccc4nccnc4c3P=O)c3cc[nH]c3n2)c(OCC(F)(F)F)cc1N1CCC(N2CCOCC2)CC1. The average Bonchev–Trinajstić information content (AvgIpc) is 3.57. The lowest BCUT2D eigenvalue weighted by atomic mass is 10.0. The number of aromatic nitrogens is 5. The first-order valence-electron chi connectivity index (χ1n) is 15.6. The third-order valence-electron chi connectivity index (χ3n) is 8.68. The largest absolute Gasteiger partial charge is 0.482 e. The highest BCUT2D eigenvalue weighted by molar-refractivity contribution is 7.35. The van der Waals surface area contributed by atoms with Gasteiger partial charge in [-0.2, -0.15) is 23.1 Å². The molecule has 2 fully saturated rings. The van der Waals surface area contributed by atoms with Crippen LogP contribution >= 0.6 is 8.46 Å². The Morgan fingerprint density at radius 2 is 1.81 bits per heavy atom. The third kappa shape index (κ3) is 6.84. The molecule has 0 saturated carbocycles. The van der Waals surface area contributed by atoms with Gasteiger partial charge in [0.1, 0.15) is 22.7 Å². The van der Waals surface area contributed by atoms with Gasteiger partial charge in [-0.3, -0.25) is 19.4 Å². The number of alkyl halides is 3. The summed E-state index contributed by atoms with van der Waals surface area (Å²) < 4.78 is 63.2. The zero-order valence-electron chi connectivity index (χ0n) is 26.0. The van der Waals surface area contributed by atoms with Gasteiger partial charge in [0, 0.05) is 62.6 Å². The normalized spacial score (nSPS) is 16.5. The second kappa shape index (κ2) is 13.5. The highest BCUT2D eigenvalue weighted by Crippen LogP contribution is 2.38. The number of aryl methyl sites for hydroxylation is 1. The lowest BCUT2D eigenvalue weighted by Gasteiger charge is -2.41. The molecule has 0 bridgehead atoms. The molecule has 2 aliphatic heterocycles. The molecule has 5 aromatic rings. The molecule has 48 heavy (non-hydrogen) atoms. The number of rotatable bonds is 9. The Morgan fingerprint density at radius 3 is 2.58 bits per heavy atom. The number of piperidine rings is 1.